The third-order valence-corrected chi connectivity index (χ3v) is 4.39. The van der Waals surface area contributed by atoms with Crippen LogP contribution in [0.3, 0.4) is 0 Å². The van der Waals surface area contributed by atoms with Crippen LogP contribution in [0.2, 0.25) is 0 Å². The van der Waals surface area contributed by atoms with E-state index in [9.17, 15) is 0 Å². The van der Waals surface area contributed by atoms with Crippen LogP contribution in [0.25, 0.3) is 0 Å². The van der Waals surface area contributed by atoms with Crippen molar-refractivity contribution in [3.05, 3.63) is 33.8 Å². The average Bonchev–Trinajstić information content (AvgIpc) is 2.27. The lowest BCUT2D eigenvalue weighted by molar-refractivity contribution is -0.0789. The maximum absolute atomic E-state index is 5.89. The smallest absolute Gasteiger partial charge is 0.0585 e. The van der Waals surface area contributed by atoms with E-state index >= 15 is 0 Å². The van der Waals surface area contributed by atoms with Crippen molar-refractivity contribution < 1.29 is 4.74 Å². The third-order valence-electron chi connectivity index (χ3n) is 3.90. The molecule has 0 spiro atoms. The van der Waals surface area contributed by atoms with Gasteiger partial charge in [0.2, 0.25) is 0 Å². The minimum atomic E-state index is 0.150. The Morgan fingerprint density at radius 2 is 2.06 bits per heavy atom. The molecule has 0 aromatic heterocycles. The molecule has 1 aliphatic heterocycles. The van der Waals surface area contributed by atoms with Crippen molar-refractivity contribution in [2.24, 2.45) is 11.1 Å². The fourth-order valence-electron chi connectivity index (χ4n) is 2.86. The molecule has 18 heavy (non-hydrogen) atoms. The highest BCUT2D eigenvalue weighted by atomic mass is 79.9. The van der Waals surface area contributed by atoms with E-state index in [1.807, 2.05) is 0 Å². The Hall–Kier alpha value is -0.380. The molecule has 2 N–H and O–H groups in total. The summed E-state index contributed by atoms with van der Waals surface area (Å²) in [7, 11) is 0. The largest absolute Gasteiger partial charge is 0.379 e. The fraction of sp³-hybridized carbons (Fsp3) is 0.600. The molecule has 1 saturated heterocycles. The molecule has 0 aliphatic carbocycles. The first kappa shape index (κ1) is 14.0. The molecule has 2 rings (SSSR count). The summed E-state index contributed by atoms with van der Waals surface area (Å²) < 4.78 is 6.66. The molecular formula is C15H22BrNO. The van der Waals surface area contributed by atoms with Crippen molar-refractivity contribution in [1.29, 1.82) is 0 Å². The number of aryl methyl sites for hydroxylation is 1. The molecule has 1 heterocycles. The Labute approximate surface area is 118 Å². The van der Waals surface area contributed by atoms with E-state index in [0.29, 0.717) is 6.54 Å². The number of hydrogen-bond acceptors (Lipinski definition) is 2. The molecule has 100 valence electrons. The maximum Gasteiger partial charge on any atom is 0.0585 e. The molecule has 1 aromatic rings. The number of rotatable bonds is 4. The maximum atomic E-state index is 5.89. The van der Waals surface area contributed by atoms with Gasteiger partial charge in [-0.25, -0.2) is 0 Å². The Balaban J connectivity index is 2.35. The van der Waals surface area contributed by atoms with Gasteiger partial charge >= 0.3 is 0 Å². The van der Waals surface area contributed by atoms with E-state index in [4.69, 9.17) is 10.5 Å². The molecule has 2 nitrogen and oxygen atoms in total. The Bertz CT molecular complexity index is 438. The van der Waals surface area contributed by atoms with Gasteiger partial charge in [0.1, 0.15) is 0 Å². The summed E-state index contributed by atoms with van der Waals surface area (Å²) in [6.45, 7) is 8.99. The van der Waals surface area contributed by atoms with Crippen LogP contribution in [0.15, 0.2) is 22.7 Å². The van der Waals surface area contributed by atoms with Gasteiger partial charge in [-0.2, -0.15) is 0 Å². The number of benzene rings is 1. The second-order valence-corrected chi connectivity index (χ2v) is 7.19. The highest BCUT2D eigenvalue weighted by Gasteiger charge is 2.44. The highest BCUT2D eigenvalue weighted by Crippen LogP contribution is 2.43. The van der Waals surface area contributed by atoms with Gasteiger partial charge in [0.15, 0.2) is 0 Å². The summed E-state index contributed by atoms with van der Waals surface area (Å²) >= 11 is 3.57. The fourth-order valence-corrected chi connectivity index (χ4v) is 3.22. The predicted molar refractivity (Wildman–Crippen MR) is 78.8 cm³/mol. The summed E-state index contributed by atoms with van der Waals surface area (Å²) in [6, 6.07) is 6.51. The van der Waals surface area contributed by atoms with Crippen molar-refractivity contribution >= 4 is 15.9 Å². The number of halogens is 1. The summed E-state index contributed by atoms with van der Waals surface area (Å²) in [5, 5.41) is 0. The molecule has 1 aromatic carbocycles. The summed E-state index contributed by atoms with van der Waals surface area (Å²) in [5.41, 5.74) is 8.94. The topological polar surface area (TPSA) is 35.2 Å². The number of ether oxygens (including phenoxy) is 1. The van der Waals surface area contributed by atoms with Gasteiger partial charge in [-0.05, 0) is 48.6 Å². The zero-order valence-electron chi connectivity index (χ0n) is 11.4. The predicted octanol–water partition coefficient (Wildman–Crippen LogP) is 3.40. The normalized spacial score (nSPS) is 18.5. The monoisotopic (exact) mass is 311 g/mol. The van der Waals surface area contributed by atoms with Crippen LogP contribution in [0.5, 0.6) is 0 Å². The Morgan fingerprint density at radius 1 is 1.39 bits per heavy atom. The van der Waals surface area contributed by atoms with Crippen LogP contribution in [0.1, 0.15) is 31.4 Å². The second-order valence-electron chi connectivity index (χ2n) is 6.28. The molecule has 0 radical (unpaired) electrons. The van der Waals surface area contributed by atoms with E-state index in [-0.39, 0.29) is 10.8 Å². The van der Waals surface area contributed by atoms with Gasteiger partial charge < -0.3 is 10.5 Å². The summed E-state index contributed by atoms with van der Waals surface area (Å²) in [6.07, 6.45) is 1.08. The van der Waals surface area contributed by atoms with Crippen molar-refractivity contribution in [2.45, 2.75) is 32.6 Å². The molecule has 0 amide bonds. The van der Waals surface area contributed by atoms with Crippen molar-refractivity contribution in [2.75, 3.05) is 19.8 Å². The molecule has 0 bridgehead atoms. The van der Waals surface area contributed by atoms with Gasteiger partial charge in [-0.15, -0.1) is 0 Å². The molecule has 0 atom stereocenters. The zero-order valence-corrected chi connectivity index (χ0v) is 13.0. The molecule has 1 fully saturated rings. The molecule has 1 aliphatic rings. The average molecular weight is 312 g/mol. The van der Waals surface area contributed by atoms with Gasteiger partial charge in [0.05, 0.1) is 13.2 Å². The van der Waals surface area contributed by atoms with Gasteiger partial charge in [0.25, 0.3) is 0 Å². The first-order valence-corrected chi connectivity index (χ1v) is 7.22. The van der Waals surface area contributed by atoms with E-state index in [1.165, 1.54) is 11.1 Å². The van der Waals surface area contributed by atoms with E-state index in [2.05, 4.69) is 54.9 Å². The van der Waals surface area contributed by atoms with Gasteiger partial charge in [0, 0.05) is 9.89 Å². The Kier molecular flexibility index (Phi) is 3.86. The van der Waals surface area contributed by atoms with E-state index in [0.717, 1.165) is 24.1 Å². The highest BCUT2D eigenvalue weighted by molar-refractivity contribution is 9.10. The number of hydrogen-bond donors (Lipinski definition) is 1. The first-order chi connectivity index (χ1) is 8.38. The van der Waals surface area contributed by atoms with Gasteiger partial charge in [-0.1, -0.05) is 35.8 Å². The minimum absolute atomic E-state index is 0.150. The minimum Gasteiger partial charge on any atom is -0.379 e. The number of nitrogens with two attached hydrogens (primary N) is 1. The molecule has 3 heteroatoms. The van der Waals surface area contributed by atoms with Crippen LogP contribution >= 0.6 is 15.9 Å². The van der Waals surface area contributed by atoms with Crippen LogP contribution in [0, 0.1) is 12.3 Å². The van der Waals surface area contributed by atoms with Crippen molar-refractivity contribution in [3.8, 4) is 0 Å². The third kappa shape index (κ3) is 2.63. The van der Waals surface area contributed by atoms with Crippen LogP contribution in [0.4, 0.5) is 0 Å². The lowest BCUT2D eigenvalue weighted by Gasteiger charge is -2.47. The molecule has 0 unspecified atom stereocenters. The van der Waals surface area contributed by atoms with Crippen molar-refractivity contribution in [3.63, 3.8) is 0 Å². The van der Waals surface area contributed by atoms with Crippen LogP contribution in [-0.4, -0.2) is 19.8 Å². The first-order valence-electron chi connectivity index (χ1n) is 6.43. The van der Waals surface area contributed by atoms with Crippen molar-refractivity contribution in [1.82, 2.24) is 0 Å². The summed E-state index contributed by atoms with van der Waals surface area (Å²) in [5.74, 6) is 0. The summed E-state index contributed by atoms with van der Waals surface area (Å²) in [4.78, 5) is 0. The van der Waals surface area contributed by atoms with Gasteiger partial charge in [-0.3, -0.25) is 0 Å². The second kappa shape index (κ2) is 4.95. The quantitative estimate of drug-likeness (QED) is 0.925. The molecular weight excluding hydrogens is 290 g/mol. The lowest BCUT2D eigenvalue weighted by atomic mass is 9.67. The van der Waals surface area contributed by atoms with Crippen LogP contribution in [-0.2, 0) is 10.2 Å². The Morgan fingerprint density at radius 3 is 2.56 bits per heavy atom. The standard InChI is InChI=1S/C15H22BrNO/c1-11-4-5-12(16)6-13(11)15(9-18-10-15)7-14(2,3)8-17/h4-6H,7-10,17H2,1-3H3. The van der Waals surface area contributed by atoms with E-state index < -0.39 is 0 Å². The lowest BCUT2D eigenvalue weighted by Crippen LogP contribution is -2.51. The van der Waals surface area contributed by atoms with Crippen LogP contribution < -0.4 is 5.73 Å². The van der Waals surface area contributed by atoms with E-state index in [1.54, 1.807) is 0 Å². The molecule has 0 saturated carbocycles. The SMILES string of the molecule is Cc1ccc(Br)cc1C1(CC(C)(C)CN)COC1. The zero-order chi connectivity index (χ0) is 13.4.